The number of likely N-dealkylation sites (N-methyl/N-ethyl adjacent to an activating group) is 7. The van der Waals surface area contributed by atoms with Crippen LogP contribution in [0.5, 0.6) is 0 Å². The Morgan fingerprint density at radius 1 is 0.642 bits per heavy atom. The molecule has 0 radical (unpaired) electrons. The molecule has 0 aromatic carbocycles. The molecule has 3 aliphatic heterocycles. The Kier molecular flexibility index (Phi) is 29.5. The van der Waals surface area contributed by atoms with Crippen molar-refractivity contribution in [2.75, 3.05) is 82.1 Å². The maximum absolute atomic E-state index is 15.5. The summed E-state index contributed by atoms with van der Waals surface area (Å²) in [6.07, 6.45) is -11.9. The summed E-state index contributed by atoms with van der Waals surface area (Å²) in [6, 6.07) is -11.2. The van der Waals surface area contributed by atoms with Crippen LogP contribution >= 0.6 is 0 Å². The van der Waals surface area contributed by atoms with Gasteiger partial charge in [0.15, 0.2) is 0 Å². The first-order chi connectivity index (χ1) is 49.6. The van der Waals surface area contributed by atoms with Gasteiger partial charge in [0.2, 0.25) is 70.9 Å². The predicted molar refractivity (Wildman–Crippen MR) is 375 cm³/mol. The third-order valence-corrected chi connectivity index (χ3v) is 24.0. The van der Waals surface area contributed by atoms with E-state index in [1.807, 2.05) is 0 Å². The van der Waals surface area contributed by atoms with E-state index < -0.39 is 236 Å². The molecule has 12 amide bonds. The van der Waals surface area contributed by atoms with Crippen LogP contribution in [0.25, 0.3) is 0 Å². The second-order valence-corrected chi connectivity index (χ2v) is 31.8. The van der Waals surface area contributed by atoms with Gasteiger partial charge in [0.1, 0.15) is 72.1 Å². The molecule has 12 atom stereocenters. The molecule has 4 aliphatic carbocycles. The van der Waals surface area contributed by atoms with Gasteiger partial charge in [0.25, 0.3) is 0 Å². The van der Waals surface area contributed by atoms with Gasteiger partial charge in [-0.2, -0.15) is 26.3 Å². The number of halogens is 8. The second-order valence-electron chi connectivity index (χ2n) is 31.8. The Morgan fingerprint density at radius 3 is 1.81 bits per heavy atom. The van der Waals surface area contributed by atoms with Crippen LogP contribution in [-0.2, 0) is 57.5 Å². The van der Waals surface area contributed by atoms with Gasteiger partial charge in [0.05, 0.1) is 25.4 Å². The van der Waals surface area contributed by atoms with Gasteiger partial charge in [0, 0.05) is 69.0 Å². The largest absolute Gasteiger partial charge is 0.397 e. The predicted octanol–water partition coefficient (Wildman–Crippen LogP) is 6.58. The molecule has 2 bridgehead atoms. The zero-order valence-corrected chi connectivity index (χ0v) is 63.9. The summed E-state index contributed by atoms with van der Waals surface area (Å²) in [5, 5.41) is 8.42. The number of amides is 12. The zero-order chi connectivity index (χ0) is 78.9. The summed E-state index contributed by atoms with van der Waals surface area (Å²) < 4.78 is 115. The minimum absolute atomic E-state index is 0.00315. The number of carbonyl (C=O) groups is 12. The maximum atomic E-state index is 15.5. The molecule has 0 aromatic heterocycles. The molecule has 24 nitrogen and oxygen atoms in total. The summed E-state index contributed by atoms with van der Waals surface area (Å²) in [7, 11) is 9.51. The fourth-order valence-electron chi connectivity index (χ4n) is 17.0. The van der Waals surface area contributed by atoms with Crippen molar-refractivity contribution in [1.29, 1.82) is 0 Å². The molecule has 3 N–H and O–H groups in total. The van der Waals surface area contributed by atoms with Crippen molar-refractivity contribution in [2.45, 2.75) is 255 Å². The average molecular weight is 1520 g/mol. The van der Waals surface area contributed by atoms with Gasteiger partial charge in [-0.25, -0.2) is 8.78 Å². The Labute approximate surface area is 617 Å². The van der Waals surface area contributed by atoms with E-state index in [-0.39, 0.29) is 90.3 Å². The van der Waals surface area contributed by atoms with Crippen LogP contribution in [0.3, 0.4) is 0 Å². The van der Waals surface area contributed by atoms with Crippen LogP contribution in [0.4, 0.5) is 35.1 Å². The molecular formula is C74H114F8N12O12. The smallest absolute Gasteiger partial charge is 0.344 e. The summed E-state index contributed by atoms with van der Waals surface area (Å²) in [6.45, 7) is 8.65. The molecular weight excluding hydrogens is 1400 g/mol. The molecule has 7 rings (SSSR count). The summed E-state index contributed by atoms with van der Waals surface area (Å²) in [5.74, 6) is -17.5. The summed E-state index contributed by atoms with van der Waals surface area (Å²) >= 11 is 0. The van der Waals surface area contributed by atoms with E-state index in [9.17, 15) is 55.1 Å². The third-order valence-electron chi connectivity index (χ3n) is 24.0. The molecule has 6 fully saturated rings. The molecule has 3 heterocycles. The fraction of sp³-hybridized carbons (Fsp3) is 0.811. The van der Waals surface area contributed by atoms with Gasteiger partial charge in [-0.05, 0) is 152 Å². The molecule has 2 unspecified atom stereocenters. The Balaban J connectivity index is 1.31. The summed E-state index contributed by atoms with van der Waals surface area (Å²) in [4.78, 5) is 191. The Hall–Kier alpha value is -7.18. The van der Waals surface area contributed by atoms with Crippen molar-refractivity contribution >= 4 is 70.9 Å². The number of hydrogen-bond donors (Lipinski definition) is 3. The van der Waals surface area contributed by atoms with E-state index >= 15 is 37.5 Å². The van der Waals surface area contributed by atoms with Crippen LogP contribution in [-0.4, -0.2) is 276 Å². The van der Waals surface area contributed by atoms with Gasteiger partial charge < -0.3 is 60.0 Å². The lowest BCUT2D eigenvalue weighted by atomic mass is 9.74. The van der Waals surface area contributed by atoms with Crippen LogP contribution in [0.15, 0.2) is 12.2 Å². The molecule has 32 heteroatoms. The Bertz CT molecular complexity index is 3190. The topological polar surface area (TPSA) is 270 Å². The number of rotatable bonds is 11. The monoisotopic (exact) mass is 1510 g/mol. The number of nitrogens with one attached hydrogen (secondary N) is 3. The van der Waals surface area contributed by atoms with E-state index in [0.717, 1.165) is 24.5 Å². The molecule has 1 spiro atoms. The highest BCUT2D eigenvalue weighted by Gasteiger charge is 2.56. The van der Waals surface area contributed by atoms with Crippen molar-refractivity contribution < 1.29 is 92.7 Å². The minimum Gasteiger partial charge on any atom is -0.344 e. The van der Waals surface area contributed by atoms with Gasteiger partial charge >= 0.3 is 12.4 Å². The fourth-order valence-corrected chi connectivity index (χ4v) is 17.0. The number of nitrogens with zero attached hydrogens (tertiary/aromatic N) is 9. The molecule has 2 saturated heterocycles. The summed E-state index contributed by atoms with van der Waals surface area (Å²) in [5.41, 5.74) is -1.65. The van der Waals surface area contributed by atoms with Gasteiger partial charge in [-0.15, -0.1) is 0 Å². The molecule has 598 valence electrons. The number of hydrogen-bond acceptors (Lipinski definition) is 12. The number of alkyl halides is 8. The van der Waals surface area contributed by atoms with E-state index in [1.165, 1.54) is 68.9 Å². The van der Waals surface area contributed by atoms with Crippen LogP contribution in [0.1, 0.15) is 176 Å². The quantitative estimate of drug-likeness (QED) is 0.146. The number of carbonyl (C=O) groups excluding carboxylic acids is 12. The first-order valence-electron chi connectivity index (χ1n) is 38.0. The second kappa shape index (κ2) is 36.4. The van der Waals surface area contributed by atoms with Crippen molar-refractivity contribution in [3.63, 3.8) is 0 Å². The third kappa shape index (κ3) is 20.2. The van der Waals surface area contributed by atoms with E-state index in [1.54, 1.807) is 53.7 Å². The van der Waals surface area contributed by atoms with Crippen LogP contribution in [0.2, 0.25) is 0 Å². The van der Waals surface area contributed by atoms with Crippen LogP contribution in [0, 0.1) is 47.3 Å². The first kappa shape index (κ1) is 86.1. The minimum atomic E-state index is -5.20. The average Bonchev–Trinajstić information content (AvgIpc) is 1.20. The Morgan fingerprint density at radius 2 is 1.25 bits per heavy atom. The lowest BCUT2D eigenvalue weighted by Gasteiger charge is -2.47. The van der Waals surface area contributed by atoms with Crippen molar-refractivity contribution in [3.8, 4) is 0 Å². The zero-order valence-electron chi connectivity index (χ0n) is 63.9. The van der Waals surface area contributed by atoms with Gasteiger partial charge in [-0.1, -0.05) is 66.0 Å². The highest BCUT2D eigenvalue weighted by Crippen LogP contribution is 2.46. The highest BCUT2D eigenvalue weighted by atomic mass is 19.4. The van der Waals surface area contributed by atoms with Gasteiger partial charge in [-0.3, -0.25) is 57.5 Å². The van der Waals surface area contributed by atoms with E-state index in [4.69, 9.17) is 0 Å². The first-order valence-corrected chi connectivity index (χ1v) is 38.0. The molecule has 106 heavy (non-hydrogen) atoms. The van der Waals surface area contributed by atoms with Crippen molar-refractivity contribution in [3.05, 3.63) is 12.2 Å². The standard InChI is InChI=1S/C74H114F8N12O12/c1-14-44(6)60-69(104)88(9)41-58(97)89(10)52-24-17-16-20-33-93(68(52)103)55(37-45-25-28-48(29-26-45)73(77,78)79)67(102)87(8)40-56(95)83-51(30-27-46-35-49(75)59(50(76)36-46)74(80,81)82)65(100)94-39-43(5)34-53(94)63(98)85-72(31-21-32-72)71(106)92(13)62(47-22-18-19-23-47)70(105)90(11)54(66(101)86(7)15-2)38-57(96)91(12)61(42(3)4)64(99)84-60/h16-17,42-55,59-62H,14-15,18-41H2,1-13H3,(H,83,95)(H,84,99)(H,85,98)/b17-16-/t43-,44-,45?,46?,48?,49?,50?,51-,52-,53-,54-,55-,59?,60-,61-,62-/m0/s1. The maximum Gasteiger partial charge on any atom is 0.397 e. The molecule has 4 saturated carbocycles. The highest BCUT2D eigenvalue weighted by molar-refractivity contribution is 6.01. The number of fused-ring (bicyclic) bond motifs is 3. The van der Waals surface area contributed by atoms with E-state index in [2.05, 4.69) is 16.0 Å². The van der Waals surface area contributed by atoms with Crippen molar-refractivity contribution in [1.82, 2.24) is 60.0 Å². The van der Waals surface area contributed by atoms with E-state index in [0.29, 0.717) is 38.5 Å². The lowest BCUT2D eigenvalue weighted by Crippen LogP contribution is -2.68. The van der Waals surface area contributed by atoms with Crippen molar-refractivity contribution in [2.24, 2.45) is 47.3 Å². The lowest BCUT2D eigenvalue weighted by molar-refractivity contribution is -0.219. The SMILES string of the molecule is CC[C@H](C)[C@@H]1NC(=O)[C@H](C(C)C)N(C)C(=O)C[C@@H](C(=O)N(C)CC)N(C)C(=O)[C@H](C2CCCC2)N(C)C(=O)C2(CCC2)NC(=O)[C@@H]2C[C@H](C)CN2C(=O)[C@H](CCC2CC(F)C(C(F)(F)F)C(F)C2)NC(=O)CN(C)C(=O)[C@H](CC2CCC(C(F)(F)F)CC2)N2CC/C=C\C[C@@H](C2=O)N(C)C(=O)CN(C)C1=O. The molecule has 0 aromatic rings. The van der Waals surface area contributed by atoms with Crippen LogP contribution < -0.4 is 16.0 Å². The normalized spacial score (nSPS) is 32.4. The molecule has 7 aliphatic rings.